The van der Waals surface area contributed by atoms with Gasteiger partial charge in [0.1, 0.15) is 11.7 Å². The molecule has 0 saturated heterocycles. The van der Waals surface area contributed by atoms with E-state index in [0.717, 1.165) is 5.57 Å². The fourth-order valence-electron chi connectivity index (χ4n) is 4.65. The van der Waals surface area contributed by atoms with Crippen molar-refractivity contribution in [1.82, 2.24) is 9.88 Å². The van der Waals surface area contributed by atoms with Crippen molar-refractivity contribution in [2.75, 3.05) is 6.54 Å². The zero-order valence-corrected chi connectivity index (χ0v) is 22.3. The highest BCUT2D eigenvalue weighted by atomic mass is 32.1. The third-order valence-electron chi connectivity index (χ3n) is 6.87. The summed E-state index contributed by atoms with van der Waals surface area (Å²) < 4.78 is 0. The van der Waals surface area contributed by atoms with Crippen molar-refractivity contribution < 1.29 is 19.8 Å². The van der Waals surface area contributed by atoms with Crippen LogP contribution in [-0.2, 0) is 9.59 Å². The molecule has 1 aliphatic heterocycles. The van der Waals surface area contributed by atoms with E-state index in [1.807, 2.05) is 32.9 Å². The number of rotatable bonds is 2. The molecule has 1 amide bonds. The zero-order valence-electron chi connectivity index (χ0n) is 21.5. The van der Waals surface area contributed by atoms with Gasteiger partial charge in [0.05, 0.1) is 28.8 Å². The number of allylic oxidation sites excluding steroid dienone is 4. The molecule has 1 unspecified atom stereocenters. The molecule has 0 radical (unpaired) electrons. The summed E-state index contributed by atoms with van der Waals surface area (Å²) in [6.07, 6.45) is 4.53. The van der Waals surface area contributed by atoms with Crippen molar-refractivity contribution in [3.05, 3.63) is 52.7 Å². The highest BCUT2D eigenvalue weighted by Gasteiger charge is 2.48. The van der Waals surface area contributed by atoms with Crippen LogP contribution in [0.1, 0.15) is 66.5 Å². The van der Waals surface area contributed by atoms with Gasteiger partial charge in [-0.1, -0.05) is 65.0 Å². The van der Waals surface area contributed by atoms with Crippen LogP contribution in [0.2, 0.25) is 0 Å². The number of amides is 1. The first-order chi connectivity index (χ1) is 15.8. The number of hydrogen-bond donors (Lipinski definition) is 2. The molecular weight excluding hydrogens is 448 g/mol. The van der Waals surface area contributed by atoms with E-state index in [2.05, 4.69) is 17.6 Å². The fraction of sp³-hybridized carbons (Fsp3) is 0.593. The molecule has 0 spiro atoms. The summed E-state index contributed by atoms with van der Waals surface area (Å²) in [6.45, 7) is 17.1. The summed E-state index contributed by atoms with van der Waals surface area (Å²) in [5, 5.41) is 24.2. The molecule has 7 heteroatoms. The van der Waals surface area contributed by atoms with Crippen LogP contribution in [0, 0.1) is 23.2 Å². The second kappa shape index (κ2) is 11.6. The SMILES string of the molecule is C=C(C)N1C[C@@H](C)/C=C(C)/C=C\C[C@H](C)[C@H](O)[C@@H](C)C(=O)C(C)(C)[C@@H](O)C(c2cscn2)C1=O. The molecule has 1 aromatic rings. The van der Waals surface area contributed by atoms with Crippen molar-refractivity contribution in [1.29, 1.82) is 0 Å². The molecule has 34 heavy (non-hydrogen) atoms. The third-order valence-corrected chi connectivity index (χ3v) is 7.47. The van der Waals surface area contributed by atoms with Crippen molar-refractivity contribution in [3.8, 4) is 0 Å². The molecule has 6 atom stereocenters. The first-order valence-electron chi connectivity index (χ1n) is 11.9. The van der Waals surface area contributed by atoms with Gasteiger partial charge < -0.3 is 15.1 Å². The Morgan fingerprint density at radius 2 is 1.88 bits per heavy atom. The van der Waals surface area contributed by atoms with Gasteiger partial charge in [0.25, 0.3) is 0 Å². The molecule has 1 aromatic heterocycles. The van der Waals surface area contributed by atoms with Crippen molar-refractivity contribution in [3.63, 3.8) is 0 Å². The minimum atomic E-state index is -1.33. The van der Waals surface area contributed by atoms with Gasteiger partial charge in [-0.15, -0.1) is 11.3 Å². The molecular formula is C27H40N2O4S. The number of carbonyl (C=O) groups is 2. The lowest BCUT2D eigenvalue weighted by atomic mass is 9.70. The normalized spacial score (nSPS) is 34.4. The van der Waals surface area contributed by atoms with Crippen LogP contribution in [-0.4, -0.2) is 50.5 Å². The number of thiazole rings is 1. The fourth-order valence-corrected chi connectivity index (χ4v) is 5.24. The van der Waals surface area contributed by atoms with Gasteiger partial charge in [-0.05, 0) is 32.1 Å². The lowest BCUT2D eigenvalue weighted by Crippen LogP contribution is -2.50. The Morgan fingerprint density at radius 3 is 2.44 bits per heavy atom. The largest absolute Gasteiger partial charge is 0.392 e. The van der Waals surface area contributed by atoms with E-state index in [4.69, 9.17) is 0 Å². The van der Waals surface area contributed by atoms with E-state index >= 15 is 0 Å². The number of ketones is 1. The van der Waals surface area contributed by atoms with E-state index in [1.54, 1.807) is 43.5 Å². The third kappa shape index (κ3) is 6.32. The van der Waals surface area contributed by atoms with Gasteiger partial charge in [-0.25, -0.2) is 4.98 Å². The number of nitrogens with zero attached hydrogens (tertiary/aromatic N) is 2. The molecule has 0 aromatic carbocycles. The molecule has 6 nitrogen and oxygen atoms in total. The Balaban J connectivity index is 2.63. The number of carbonyl (C=O) groups excluding carboxylic acids is 2. The Labute approximate surface area is 208 Å². The Kier molecular flexibility index (Phi) is 9.57. The molecule has 188 valence electrons. The van der Waals surface area contributed by atoms with Crippen molar-refractivity contribution in [2.45, 2.75) is 73.0 Å². The number of aromatic nitrogens is 1. The van der Waals surface area contributed by atoms with E-state index < -0.39 is 29.5 Å². The average Bonchev–Trinajstić information content (AvgIpc) is 3.29. The highest BCUT2D eigenvalue weighted by Crippen LogP contribution is 2.38. The molecule has 0 bridgehead atoms. The van der Waals surface area contributed by atoms with Crippen LogP contribution in [0.5, 0.6) is 0 Å². The lowest BCUT2D eigenvalue weighted by Gasteiger charge is -2.39. The van der Waals surface area contributed by atoms with Crippen molar-refractivity contribution >= 4 is 23.0 Å². The van der Waals surface area contributed by atoms with E-state index in [9.17, 15) is 19.8 Å². The van der Waals surface area contributed by atoms with Crippen LogP contribution in [0.3, 0.4) is 0 Å². The summed E-state index contributed by atoms with van der Waals surface area (Å²) in [5.74, 6) is -2.47. The molecule has 0 saturated carbocycles. The van der Waals surface area contributed by atoms with E-state index in [1.165, 1.54) is 11.3 Å². The molecule has 2 rings (SSSR count). The smallest absolute Gasteiger partial charge is 0.238 e. The maximum atomic E-state index is 13.9. The van der Waals surface area contributed by atoms with Gasteiger partial charge in [-0.2, -0.15) is 0 Å². The Morgan fingerprint density at radius 1 is 1.24 bits per heavy atom. The summed E-state index contributed by atoms with van der Waals surface area (Å²) >= 11 is 1.33. The predicted octanol–water partition coefficient (Wildman–Crippen LogP) is 4.72. The predicted molar refractivity (Wildman–Crippen MR) is 137 cm³/mol. The summed E-state index contributed by atoms with van der Waals surface area (Å²) in [7, 11) is 0. The first kappa shape index (κ1) is 28.1. The summed E-state index contributed by atoms with van der Waals surface area (Å²) in [5.41, 5.74) is 2.37. The van der Waals surface area contributed by atoms with Gasteiger partial charge in [-0.3, -0.25) is 9.59 Å². The number of aliphatic hydroxyl groups excluding tert-OH is 2. The van der Waals surface area contributed by atoms with Crippen LogP contribution < -0.4 is 0 Å². The van der Waals surface area contributed by atoms with Crippen LogP contribution >= 0.6 is 11.3 Å². The molecule has 0 fully saturated rings. The monoisotopic (exact) mass is 488 g/mol. The van der Waals surface area contributed by atoms with E-state index in [0.29, 0.717) is 24.4 Å². The maximum Gasteiger partial charge on any atom is 0.238 e. The lowest BCUT2D eigenvalue weighted by molar-refractivity contribution is -0.146. The Hall–Kier alpha value is -2.09. The topological polar surface area (TPSA) is 90.7 Å². The number of hydrogen-bond acceptors (Lipinski definition) is 6. The van der Waals surface area contributed by atoms with Gasteiger partial charge in [0.2, 0.25) is 5.91 Å². The highest BCUT2D eigenvalue weighted by molar-refractivity contribution is 7.07. The maximum absolute atomic E-state index is 13.9. The summed E-state index contributed by atoms with van der Waals surface area (Å²) in [4.78, 5) is 33.4. The van der Waals surface area contributed by atoms with Gasteiger partial charge >= 0.3 is 0 Å². The van der Waals surface area contributed by atoms with Crippen molar-refractivity contribution in [2.24, 2.45) is 23.2 Å². The van der Waals surface area contributed by atoms with Crippen LogP contribution in [0.25, 0.3) is 0 Å². The minimum Gasteiger partial charge on any atom is -0.392 e. The van der Waals surface area contributed by atoms with Gasteiger partial charge in [0, 0.05) is 23.5 Å². The zero-order chi connectivity index (χ0) is 25.8. The first-order valence-corrected chi connectivity index (χ1v) is 12.8. The molecule has 0 aliphatic carbocycles. The Bertz CT molecular complexity index is 934. The second-order valence-electron chi connectivity index (χ2n) is 10.4. The standard InChI is InChI=1S/C27H40N2O4S/c1-16(2)29-13-18(4)12-17(3)10-9-11-19(5)23(30)20(6)24(31)27(7,8)25(32)22(26(29)33)21-14-34-15-28-21/h9-10,12,14-15,18-20,22-23,25,30,32H,1,11,13H2,2-8H3/b10-9-,17-12+/t18-,19-,20+,22?,23-,25-/m0/s1. The van der Waals surface area contributed by atoms with Crippen LogP contribution in [0.4, 0.5) is 0 Å². The number of aliphatic hydroxyl groups is 2. The summed E-state index contributed by atoms with van der Waals surface area (Å²) in [6, 6.07) is 0. The quantitative estimate of drug-likeness (QED) is 0.629. The van der Waals surface area contributed by atoms with Gasteiger partial charge in [0.15, 0.2) is 0 Å². The second-order valence-corrected chi connectivity index (χ2v) is 11.1. The minimum absolute atomic E-state index is 0.0316. The molecule has 1 aliphatic rings. The van der Waals surface area contributed by atoms with Crippen LogP contribution in [0.15, 0.2) is 47.0 Å². The van der Waals surface area contributed by atoms with E-state index in [-0.39, 0.29) is 23.5 Å². The molecule has 2 N–H and O–H groups in total. The molecule has 2 heterocycles. The number of Topliss-reactive ketones (excluding diaryl/α,β-unsaturated/α-hetero) is 1. The average molecular weight is 489 g/mol.